The smallest absolute Gasteiger partial charge is 0.265 e. The number of alkyl halides is 2. The molecule has 0 saturated carbocycles. The van der Waals surface area contributed by atoms with Crippen LogP contribution in [0, 0.1) is 11.6 Å². The molecule has 4 aromatic rings. The van der Waals surface area contributed by atoms with Gasteiger partial charge in [-0.25, -0.2) is 37.5 Å². The predicted octanol–water partition coefficient (Wildman–Crippen LogP) is 2.73. The minimum absolute atomic E-state index is 0.0713. The van der Waals surface area contributed by atoms with Crippen molar-refractivity contribution < 1.29 is 27.4 Å². The van der Waals surface area contributed by atoms with Crippen molar-refractivity contribution in [1.82, 2.24) is 24.5 Å². The molecule has 3 aromatic heterocycles. The van der Waals surface area contributed by atoms with Gasteiger partial charge >= 0.3 is 0 Å². The first-order chi connectivity index (χ1) is 18.6. The third kappa shape index (κ3) is 4.92. The maximum Gasteiger partial charge on any atom is 0.265 e. The van der Waals surface area contributed by atoms with E-state index >= 15 is 0 Å². The van der Waals surface area contributed by atoms with Crippen LogP contribution in [0.4, 0.5) is 29.1 Å². The number of nitrogens with zero attached hydrogens (tertiary/aromatic N) is 6. The molecule has 1 aromatic carbocycles. The minimum Gasteiger partial charge on any atom is -0.494 e. The van der Waals surface area contributed by atoms with Gasteiger partial charge < -0.3 is 30.8 Å². The highest BCUT2D eigenvalue weighted by Crippen LogP contribution is 2.34. The van der Waals surface area contributed by atoms with E-state index in [0.29, 0.717) is 35.5 Å². The van der Waals surface area contributed by atoms with Crippen molar-refractivity contribution in [2.24, 2.45) is 5.73 Å². The molecule has 0 radical (unpaired) electrons. The molecule has 1 unspecified atom stereocenters. The van der Waals surface area contributed by atoms with Gasteiger partial charge in [-0.05, 0) is 31.0 Å². The number of benzene rings is 1. The Labute approximate surface area is 220 Å². The Morgan fingerprint density at radius 2 is 1.95 bits per heavy atom. The summed E-state index contributed by atoms with van der Waals surface area (Å²) >= 11 is 0. The number of fused-ring (bicyclic) bond motifs is 1. The topological polar surface area (TPSA) is 141 Å². The Morgan fingerprint density at radius 1 is 1.15 bits per heavy atom. The van der Waals surface area contributed by atoms with E-state index in [1.54, 1.807) is 15.5 Å². The molecule has 1 fully saturated rings. The van der Waals surface area contributed by atoms with Gasteiger partial charge in [-0.2, -0.15) is 0 Å². The maximum absolute atomic E-state index is 14.9. The maximum atomic E-state index is 14.9. The van der Waals surface area contributed by atoms with Gasteiger partial charge in [0.1, 0.15) is 23.8 Å². The summed E-state index contributed by atoms with van der Waals surface area (Å²) < 4.78 is 62.7. The number of ether oxygens (including phenoxy) is 1. The van der Waals surface area contributed by atoms with Crippen LogP contribution in [0.5, 0.6) is 5.75 Å². The summed E-state index contributed by atoms with van der Waals surface area (Å²) in [5, 5.41) is 10.1. The van der Waals surface area contributed by atoms with Crippen molar-refractivity contribution in [1.29, 1.82) is 0 Å². The van der Waals surface area contributed by atoms with E-state index in [0.717, 1.165) is 12.1 Å². The summed E-state index contributed by atoms with van der Waals surface area (Å²) in [5.74, 6) is -1.58. The zero-order chi connectivity index (χ0) is 27.9. The number of aromatic nitrogens is 5. The summed E-state index contributed by atoms with van der Waals surface area (Å²) in [4.78, 5) is 18.8. The van der Waals surface area contributed by atoms with Gasteiger partial charge in [0, 0.05) is 24.7 Å². The van der Waals surface area contributed by atoms with E-state index in [2.05, 4.69) is 19.9 Å². The molecule has 2 atom stereocenters. The molecular formula is C25H26F4N8O2. The van der Waals surface area contributed by atoms with Crippen LogP contribution < -0.4 is 21.1 Å². The number of hydrogen-bond acceptors (Lipinski definition) is 9. The highest BCUT2D eigenvalue weighted by Gasteiger charge is 2.43. The van der Waals surface area contributed by atoms with Crippen molar-refractivity contribution in [3.63, 3.8) is 0 Å². The lowest BCUT2D eigenvalue weighted by molar-refractivity contribution is -0.0529. The minimum atomic E-state index is -3.01. The highest BCUT2D eigenvalue weighted by atomic mass is 19.3. The average Bonchev–Trinajstić information content (AvgIpc) is 3.33. The van der Waals surface area contributed by atoms with Gasteiger partial charge in [-0.3, -0.25) is 0 Å². The van der Waals surface area contributed by atoms with Crippen molar-refractivity contribution in [2.75, 3.05) is 30.8 Å². The quantitative estimate of drug-likeness (QED) is 0.298. The number of pyridine rings is 1. The fourth-order valence-corrected chi connectivity index (χ4v) is 4.92. The number of imidazole rings is 1. The zero-order valence-electron chi connectivity index (χ0n) is 20.9. The lowest BCUT2D eigenvalue weighted by Gasteiger charge is -2.44. The largest absolute Gasteiger partial charge is 0.494 e. The second kappa shape index (κ2) is 10.3. The second-order valence-electron chi connectivity index (χ2n) is 9.47. The molecule has 14 heteroatoms. The van der Waals surface area contributed by atoms with Crippen LogP contribution >= 0.6 is 0 Å². The van der Waals surface area contributed by atoms with Gasteiger partial charge in [-0.15, -0.1) is 0 Å². The second-order valence-corrected chi connectivity index (χ2v) is 9.47. The van der Waals surface area contributed by atoms with Crippen LogP contribution in [0.1, 0.15) is 18.5 Å². The molecule has 206 valence electrons. The molecule has 0 amide bonds. The first-order valence-electron chi connectivity index (χ1n) is 12.1. The van der Waals surface area contributed by atoms with Crippen LogP contribution in [-0.4, -0.2) is 67.9 Å². The van der Waals surface area contributed by atoms with Gasteiger partial charge in [0.25, 0.3) is 6.43 Å². The van der Waals surface area contributed by atoms with Gasteiger partial charge in [0.05, 0.1) is 42.6 Å². The molecule has 5 rings (SSSR count). The standard InChI is InChI=1S/C25H26F4N8O2/c1-39-19-8-14(26)13(7-15(19)27)16-3-4-18(36-6-2-5-25(31,10-36)21(38)22(28)29)17(35-16)9-37-12-34-20-23(30)32-11-33-24(20)37/h3-4,7-8,11-12,21-22,38H,2,5-6,9-10,31H2,1H3,(H2,30,32,33)/t21?,25-/m1/s1. The summed E-state index contributed by atoms with van der Waals surface area (Å²) in [6.07, 6.45) is -1.61. The number of nitrogens with two attached hydrogens (primary N) is 2. The van der Waals surface area contributed by atoms with Crippen LogP contribution in [-0.2, 0) is 6.54 Å². The molecule has 10 nitrogen and oxygen atoms in total. The SMILES string of the molecule is COc1cc(F)c(-c2ccc(N3CCC[C@](N)(C(O)C(F)F)C3)c(Cn3cnc4c(N)ncnc43)n2)cc1F. The number of aliphatic hydroxyl groups excluding tert-OH is 1. The zero-order valence-corrected chi connectivity index (χ0v) is 20.9. The Kier molecular flexibility index (Phi) is 6.99. The number of methoxy groups -OCH3 is 1. The number of piperidine rings is 1. The number of aliphatic hydroxyl groups is 1. The molecule has 5 N–H and O–H groups in total. The number of anilines is 2. The number of halogens is 4. The monoisotopic (exact) mass is 546 g/mol. The lowest BCUT2D eigenvalue weighted by Crippen LogP contribution is -2.63. The van der Waals surface area contributed by atoms with Crippen LogP contribution in [0.15, 0.2) is 36.9 Å². The Morgan fingerprint density at radius 3 is 2.69 bits per heavy atom. The summed E-state index contributed by atoms with van der Waals surface area (Å²) in [6.45, 7) is 0.452. The van der Waals surface area contributed by atoms with E-state index in [4.69, 9.17) is 16.2 Å². The van der Waals surface area contributed by atoms with Crippen molar-refractivity contribution in [3.05, 3.63) is 54.2 Å². The molecule has 0 bridgehead atoms. The van der Waals surface area contributed by atoms with Crippen molar-refractivity contribution in [2.45, 2.75) is 37.5 Å². The van der Waals surface area contributed by atoms with Crippen LogP contribution in [0.3, 0.4) is 0 Å². The van der Waals surface area contributed by atoms with E-state index in [9.17, 15) is 22.7 Å². The van der Waals surface area contributed by atoms with E-state index < -0.39 is 29.7 Å². The molecule has 1 saturated heterocycles. The average molecular weight is 547 g/mol. The normalized spacial score (nSPS) is 18.6. The van der Waals surface area contributed by atoms with Gasteiger partial charge in [0.2, 0.25) is 0 Å². The Balaban J connectivity index is 1.60. The summed E-state index contributed by atoms with van der Waals surface area (Å²) in [6, 6.07) is 5.07. The molecular weight excluding hydrogens is 520 g/mol. The first kappa shape index (κ1) is 26.6. The van der Waals surface area contributed by atoms with Crippen LogP contribution in [0.2, 0.25) is 0 Å². The molecule has 39 heavy (non-hydrogen) atoms. The lowest BCUT2D eigenvalue weighted by atomic mass is 9.84. The predicted molar refractivity (Wildman–Crippen MR) is 135 cm³/mol. The number of rotatable bonds is 7. The van der Waals surface area contributed by atoms with E-state index in [1.165, 1.54) is 25.8 Å². The fourth-order valence-electron chi connectivity index (χ4n) is 4.92. The molecule has 0 aliphatic carbocycles. The molecule has 1 aliphatic rings. The van der Waals surface area contributed by atoms with Crippen molar-refractivity contribution in [3.8, 4) is 17.0 Å². The number of hydrogen-bond donors (Lipinski definition) is 3. The molecule has 4 heterocycles. The molecule has 0 spiro atoms. The van der Waals surface area contributed by atoms with E-state index in [1.807, 2.05) is 0 Å². The Bertz CT molecular complexity index is 1520. The van der Waals surface area contributed by atoms with Crippen LogP contribution in [0.25, 0.3) is 22.4 Å². The fraction of sp³-hybridized carbons (Fsp3) is 0.360. The van der Waals surface area contributed by atoms with Gasteiger partial charge in [0.15, 0.2) is 23.0 Å². The number of nitrogen functional groups attached to an aromatic ring is 1. The first-order valence-corrected chi connectivity index (χ1v) is 12.1. The molecule has 1 aliphatic heterocycles. The Hall–Kier alpha value is -4.04. The van der Waals surface area contributed by atoms with Gasteiger partial charge in [-0.1, -0.05) is 0 Å². The summed E-state index contributed by atoms with van der Waals surface area (Å²) in [7, 11) is 1.23. The summed E-state index contributed by atoms with van der Waals surface area (Å²) in [5.41, 5.74) is 12.3. The van der Waals surface area contributed by atoms with E-state index in [-0.39, 0.29) is 42.3 Å². The van der Waals surface area contributed by atoms with Crippen molar-refractivity contribution >= 4 is 22.7 Å². The third-order valence-corrected chi connectivity index (χ3v) is 6.94. The third-order valence-electron chi connectivity index (χ3n) is 6.94. The highest BCUT2D eigenvalue weighted by molar-refractivity contribution is 5.81.